The second-order valence-electron chi connectivity index (χ2n) is 3.76. The van der Waals surface area contributed by atoms with E-state index >= 15 is 0 Å². The number of halogens is 2. The van der Waals surface area contributed by atoms with E-state index in [0.29, 0.717) is 22.1 Å². The first-order valence-electron chi connectivity index (χ1n) is 5.40. The van der Waals surface area contributed by atoms with Crippen LogP contribution < -0.4 is 11.1 Å². The van der Waals surface area contributed by atoms with Crippen molar-refractivity contribution >= 4 is 38.8 Å². The quantitative estimate of drug-likeness (QED) is 0.905. The van der Waals surface area contributed by atoms with E-state index in [4.69, 9.17) is 5.73 Å². The molecule has 0 saturated carbocycles. The Bertz CT molecular complexity index is 611. The Balaban J connectivity index is 2.46. The van der Waals surface area contributed by atoms with Gasteiger partial charge in [-0.1, -0.05) is 0 Å². The summed E-state index contributed by atoms with van der Waals surface area (Å²) in [6.07, 6.45) is 0. The average molecular weight is 315 g/mol. The van der Waals surface area contributed by atoms with Gasteiger partial charge in [-0.2, -0.15) is 0 Å². The molecule has 7 heteroatoms. The summed E-state index contributed by atoms with van der Waals surface area (Å²) in [6, 6.07) is 2.84. The standard InChI is InChI=1S/C11H12BrFN4O/c1-2-15-10(18)5-17-9-4-7(13)6(12)3-8(9)16-11(17)14/h3-4H,2,5H2,1H3,(H2,14,16)(H,15,18). The zero-order chi connectivity index (χ0) is 13.3. The van der Waals surface area contributed by atoms with E-state index in [1.54, 1.807) is 0 Å². The number of aromatic nitrogens is 2. The number of rotatable bonds is 3. The fraction of sp³-hybridized carbons (Fsp3) is 0.273. The third-order valence-electron chi connectivity index (χ3n) is 2.50. The van der Waals surface area contributed by atoms with Gasteiger partial charge in [0, 0.05) is 12.6 Å². The zero-order valence-electron chi connectivity index (χ0n) is 9.70. The van der Waals surface area contributed by atoms with Gasteiger partial charge in [-0.25, -0.2) is 9.37 Å². The first-order chi connectivity index (χ1) is 8.52. The number of hydrogen-bond donors (Lipinski definition) is 2. The number of likely N-dealkylation sites (N-methyl/N-ethyl adjacent to an activating group) is 1. The lowest BCUT2D eigenvalue weighted by molar-refractivity contribution is -0.121. The SMILES string of the molecule is CCNC(=O)Cn1c(N)nc2cc(Br)c(F)cc21. The predicted octanol–water partition coefficient (Wildman–Crippen LogP) is 1.66. The van der Waals surface area contributed by atoms with Gasteiger partial charge in [0.1, 0.15) is 12.4 Å². The number of carbonyl (C=O) groups is 1. The second kappa shape index (κ2) is 4.93. The van der Waals surface area contributed by atoms with Crippen LogP contribution in [-0.4, -0.2) is 22.0 Å². The number of nitrogens with two attached hydrogens (primary N) is 1. The number of amides is 1. The van der Waals surface area contributed by atoms with Gasteiger partial charge < -0.3 is 15.6 Å². The number of anilines is 1. The maximum absolute atomic E-state index is 13.5. The number of hydrogen-bond acceptors (Lipinski definition) is 3. The van der Waals surface area contributed by atoms with Crippen molar-refractivity contribution in [2.75, 3.05) is 12.3 Å². The summed E-state index contributed by atoms with van der Waals surface area (Å²) in [5.74, 6) is -0.417. The highest BCUT2D eigenvalue weighted by Gasteiger charge is 2.13. The fourth-order valence-corrected chi connectivity index (χ4v) is 2.03. The third kappa shape index (κ3) is 2.31. The van der Waals surface area contributed by atoms with Crippen molar-refractivity contribution in [2.45, 2.75) is 13.5 Å². The molecule has 3 N–H and O–H groups in total. The van der Waals surface area contributed by atoms with Crippen molar-refractivity contribution in [2.24, 2.45) is 0 Å². The topological polar surface area (TPSA) is 72.9 Å². The van der Waals surface area contributed by atoms with Crippen LogP contribution in [0.3, 0.4) is 0 Å². The molecule has 1 amide bonds. The molecule has 18 heavy (non-hydrogen) atoms. The molecule has 0 atom stereocenters. The van der Waals surface area contributed by atoms with Gasteiger partial charge in [0.15, 0.2) is 0 Å². The Kier molecular flexibility index (Phi) is 3.51. The van der Waals surface area contributed by atoms with E-state index in [1.165, 1.54) is 16.7 Å². The number of nitrogen functional groups attached to an aromatic ring is 1. The summed E-state index contributed by atoms with van der Waals surface area (Å²) in [6.45, 7) is 2.38. The van der Waals surface area contributed by atoms with Gasteiger partial charge in [0.2, 0.25) is 11.9 Å². The summed E-state index contributed by atoms with van der Waals surface area (Å²) < 4.78 is 15.3. The lowest BCUT2D eigenvalue weighted by atomic mass is 10.3. The Morgan fingerprint density at radius 1 is 1.61 bits per heavy atom. The first-order valence-corrected chi connectivity index (χ1v) is 6.19. The molecule has 2 aromatic rings. The zero-order valence-corrected chi connectivity index (χ0v) is 11.3. The predicted molar refractivity (Wildman–Crippen MR) is 70.5 cm³/mol. The molecule has 5 nitrogen and oxygen atoms in total. The molecular weight excluding hydrogens is 303 g/mol. The van der Waals surface area contributed by atoms with Gasteiger partial charge in [-0.3, -0.25) is 4.79 Å². The van der Waals surface area contributed by atoms with Crippen molar-refractivity contribution in [3.8, 4) is 0 Å². The summed E-state index contributed by atoms with van der Waals surface area (Å²) in [4.78, 5) is 15.6. The van der Waals surface area contributed by atoms with Crippen molar-refractivity contribution in [3.63, 3.8) is 0 Å². The van der Waals surface area contributed by atoms with E-state index in [-0.39, 0.29) is 18.4 Å². The van der Waals surface area contributed by atoms with Gasteiger partial charge in [-0.15, -0.1) is 0 Å². The van der Waals surface area contributed by atoms with Crippen LogP contribution in [0.5, 0.6) is 0 Å². The summed E-state index contributed by atoms with van der Waals surface area (Å²) in [7, 11) is 0. The lowest BCUT2D eigenvalue weighted by Gasteiger charge is -2.06. The van der Waals surface area contributed by atoms with Crippen molar-refractivity contribution in [1.82, 2.24) is 14.9 Å². The van der Waals surface area contributed by atoms with Gasteiger partial charge >= 0.3 is 0 Å². The number of imidazole rings is 1. The Morgan fingerprint density at radius 3 is 3.00 bits per heavy atom. The molecule has 0 spiro atoms. The molecule has 0 fully saturated rings. The highest BCUT2D eigenvalue weighted by Crippen LogP contribution is 2.24. The van der Waals surface area contributed by atoms with Crippen molar-refractivity contribution in [1.29, 1.82) is 0 Å². The molecule has 96 valence electrons. The highest BCUT2D eigenvalue weighted by molar-refractivity contribution is 9.10. The van der Waals surface area contributed by atoms with Crippen LogP contribution in [0.2, 0.25) is 0 Å². The van der Waals surface area contributed by atoms with Gasteiger partial charge in [0.25, 0.3) is 0 Å². The maximum atomic E-state index is 13.5. The Hall–Kier alpha value is -1.63. The number of benzene rings is 1. The first kappa shape index (κ1) is 12.8. The van der Waals surface area contributed by atoms with Crippen LogP contribution in [0.15, 0.2) is 16.6 Å². The molecule has 0 bridgehead atoms. The molecule has 2 rings (SSSR count). The lowest BCUT2D eigenvalue weighted by Crippen LogP contribution is -2.27. The van der Waals surface area contributed by atoms with Crippen LogP contribution >= 0.6 is 15.9 Å². The van der Waals surface area contributed by atoms with E-state index in [1.807, 2.05) is 6.92 Å². The minimum Gasteiger partial charge on any atom is -0.369 e. The molecule has 0 radical (unpaired) electrons. The number of nitrogens with one attached hydrogen (secondary N) is 1. The van der Waals surface area contributed by atoms with Crippen LogP contribution in [0.4, 0.5) is 10.3 Å². The van der Waals surface area contributed by atoms with Crippen LogP contribution in [0.1, 0.15) is 6.92 Å². The fourth-order valence-electron chi connectivity index (χ4n) is 1.70. The molecule has 1 heterocycles. The number of nitrogens with zero attached hydrogens (tertiary/aromatic N) is 2. The van der Waals surface area contributed by atoms with Gasteiger partial charge in [-0.05, 0) is 28.9 Å². The molecular formula is C11H12BrFN4O. The average Bonchev–Trinajstić information content (AvgIpc) is 2.57. The van der Waals surface area contributed by atoms with E-state index in [2.05, 4.69) is 26.2 Å². The largest absolute Gasteiger partial charge is 0.369 e. The Morgan fingerprint density at radius 2 is 2.33 bits per heavy atom. The monoisotopic (exact) mass is 314 g/mol. The normalized spacial score (nSPS) is 10.8. The molecule has 1 aromatic carbocycles. The summed E-state index contributed by atoms with van der Waals surface area (Å²) in [5, 5.41) is 2.66. The summed E-state index contributed by atoms with van der Waals surface area (Å²) >= 11 is 3.08. The van der Waals surface area contributed by atoms with Crippen molar-refractivity contribution in [3.05, 3.63) is 22.4 Å². The molecule has 0 unspecified atom stereocenters. The smallest absolute Gasteiger partial charge is 0.240 e. The van der Waals surface area contributed by atoms with Crippen LogP contribution in [-0.2, 0) is 11.3 Å². The molecule has 0 aliphatic heterocycles. The van der Waals surface area contributed by atoms with Gasteiger partial charge in [0.05, 0.1) is 15.5 Å². The van der Waals surface area contributed by atoms with E-state index in [0.717, 1.165) is 0 Å². The number of fused-ring (bicyclic) bond motifs is 1. The van der Waals surface area contributed by atoms with E-state index < -0.39 is 5.82 Å². The molecule has 0 aliphatic rings. The minimum atomic E-state index is -0.417. The highest BCUT2D eigenvalue weighted by atomic mass is 79.9. The molecule has 1 aromatic heterocycles. The van der Waals surface area contributed by atoms with Crippen molar-refractivity contribution < 1.29 is 9.18 Å². The Labute approximate surface area is 111 Å². The third-order valence-corrected chi connectivity index (χ3v) is 3.10. The van der Waals surface area contributed by atoms with Crippen LogP contribution in [0, 0.1) is 5.82 Å². The van der Waals surface area contributed by atoms with E-state index in [9.17, 15) is 9.18 Å². The second-order valence-corrected chi connectivity index (χ2v) is 4.62. The summed E-state index contributed by atoms with van der Waals surface area (Å²) in [5.41, 5.74) is 6.78. The van der Waals surface area contributed by atoms with Crippen LogP contribution in [0.25, 0.3) is 11.0 Å². The number of carbonyl (C=O) groups excluding carboxylic acids is 1. The maximum Gasteiger partial charge on any atom is 0.240 e. The molecule has 0 aliphatic carbocycles. The minimum absolute atomic E-state index is 0.0250. The molecule has 0 saturated heterocycles.